The summed E-state index contributed by atoms with van der Waals surface area (Å²) in [4.78, 5) is 28.3. The number of fused-ring (bicyclic) bond motifs is 1. The van der Waals surface area contributed by atoms with Crippen LogP contribution in [0, 0.1) is 0 Å². The minimum Gasteiger partial charge on any atom is -0.480 e. The quantitative estimate of drug-likeness (QED) is 0.444. The second-order valence-corrected chi connectivity index (χ2v) is 7.34. The van der Waals surface area contributed by atoms with Crippen LogP contribution < -0.4 is 10.6 Å². The number of benzene rings is 1. The smallest absolute Gasteiger partial charge is 0.317 e. The fraction of sp³-hybridized carbons (Fsp3) is 0.500. The Balaban J connectivity index is 1.47. The highest BCUT2D eigenvalue weighted by Gasteiger charge is 2.34. The number of carboxylic acid groups (broad SMARTS) is 1. The molecule has 1 heterocycles. The van der Waals surface area contributed by atoms with Gasteiger partial charge in [-0.1, -0.05) is 25.1 Å². The molecule has 1 fully saturated rings. The number of aromatic amines is 1. The molecular formula is C20H28N4O4. The molecule has 1 atom stereocenters. The summed E-state index contributed by atoms with van der Waals surface area (Å²) in [5.41, 5.74) is 2.08. The number of hydrogen-bond donors (Lipinski definition) is 5. The lowest BCUT2D eigenvalue weighted by molar-refractivity contribution is -0.139. The van der Waals surface area contributed by atoms with Gasteiger partial charge in [0.15, 0.2) is 0 Å². The number of carbonyl (C=O) groups is 2. The summed E-state index contributed by atoms with van der Waals surface area (Å²) in [5.74, 6) is -0.834. The Bertz CT molecular complexity index is 815. The molecule has 28 heavy (non-hydrogen) atoms. The first-order valence-corrected chi connectivity index (χ1v) is 9.68. The lowest BCUT2D eigenvalue weighted by Gasteiger charge is -2.42. The van der Waals surface area contributed by atoms with Gasteiger partial charge in [-0.2, -0.15) is 0 Å². The zero-order valence-electron chi connectivity index (χ0n) is 16.0. The summed E-state index contributed by atoms with van der Waals surface area (Å²) in [6, 6.07) is 7.46. The molecule has 152 valence electrons. The third-order valence-electron chi connectivity index (χ3n) is 5.41. The van der Waals surface area contributed by atoms with Gasteiger partial charge in [0.05, 0.1) is 19.2 Å². The number of amides is 2. The minimum atomic E-state index is -0.834. The Kier molecular flexibility index (Phi) is 6.53. The van der Waals surface area contributed by atoms with Crippen LogP contribution in [0.5, 0.6) is 0 Å². The molecule has 2 amide bonds. The summed E-state index contributed by atoms with van der Waals surface area (Å²) in [6.07, 6.45) is 3.91. The normalized spacial score (nSPS) is 20.0. The number of aliphatic hydroxyl groups is 1. The molecule has 0 aliphatic heterocycles. The van der Waals surface area contributed by atoms with E-state index in [1.54, 1.807) is 0 Å². The molecule has 8 heteroatoms. The lowest BCUT2D eigenvalue weighted by atomic mass is 9.85. The van der Waals surface area contributed by atoms with Crippen molar-refractivity contribution in [1.29, 1.82) is 0 Å². The SMILES string of the molecule is CCN(CC(=O)O)C1CC(NC(=O)NC(CO)Cc2c[nH]c3ccccc23)C1. The van der Waals surface area contributed by atoms with Gasteiger partial charge in [0.2, 0.25) is 0 Å². The molecule has 5 N–H and O–H groups in total. The fourth-order valence-corrected chi connectivity index (χ4v) is 3.82. The number of carbonyl (C=O) groups excluding carboxylic acids is 1. The second-order valence-electron chi connectivity index (χ2n) is 7.34. The second kappa shape index (κ2) is 9.07. The van der Waals surface area contributed by atoms with Gasteiger partial charge in [0.1, 0.15) is 0 Å². The van der Waals surface area contributed by atoms with Gasteiger partial charge in [-0.25, -0.2) is 4.79 Å². The first-order chi connectivity index (χ1) is 13.5. The van der Waals surface area contributed by atoms with Crippen LogP contribution in [0.4, 0.5) is 4.79 Å². The van der Waals surface area contributed by atoms with Crippen LogP contribution in [0.3, 0.4) is 0 Å². The number of hydrogen-bond acceptors (Lipinski definition) is 4. The summed E-state index contributed by atoms with van der Waals surface area (Å²) >= 11 is 0. The Morgan fingerprint density at radius 2 is 2.07 bits per heavy atom. The largest absolute Gasteiger partial charge is 0.480 e. The van der Waals surface area contributed by atoms with E-state index in [0.717, 1.165) is 29.3 Å². The third kappa shape index (κ3) is 4.82. The number of likely N-dealkylation sites (N-methyl/N-ethyl adjacent to an activating group) is 1. The molecule has 0 spiro atoms. The first kappa shape index (κ1) is 20.2. The van der Waals surface area contributed by atoms with E-state index < -0.39 is 5.97 Å². The summed E-state index contributed by atoms with van der Waals surface area (Å²) in [7, 11) is 0. The molecule has 1 saturated carbocycles. The number of aliphatic carboxylic acids is 1. The Hall–Kier alpha value is -2.58. The van der Waals surface area contributed by atoms with Gasteiger partial charge in [0, 0.05) is 29.2 Å². The van der Waals surface area contributed by atoms with Gasteiger partial charge in [-0.3, -0.25) is 9.69 Å². The molecule has 0 saturated heterocycles. The number of nitrogens with one attached hydrogen (secondary N) is 3. The minimum absolute atomic E-state index is 0.0251. The van der Waals surface area contributed by atoms with Gasteiger partial charge in [-0.15, -0.1) is 0 Å². The van der Waals surface area contributed by atoms with Gasteiger partial charge >= 0.3 is 12.0 Å². The van der Waals surface area contributed by atoms with Crippen molar-refractivity contribution < 1.29 is 19.8 Å². The predicted molar refractivity (Wildman–Crippen MR) is 106 cm³/mol. The van der Waals surface area contributed by atoms with Gasteiger partial charge < -0.3 is 25.8 Å². The van der Waals surface area contributed by atoms with Crippen molar-refractivity contribution in [3.05, 3.63) is 36.0 Å². The van der Waals surface area contributed by atoms with Gasteiger partial charge in [0.25, 0.3) is 0 Å². The highest BCUT2D eigenvalue weighted by molar-refractivity contribution is 5.83. The van der Waals surface area contributed by atoms with E-state index in [9.17, 15) is 14.7 Å². The molecule has 3 rings (SSSR count). The Morgan fingerprint density at radius 3 is 2.75 bits per heavy atom. The maximum Gasteiger partial charge on any atom is 0.317 e. The zero-order valence-corrected chi connectivity index (χ0v) is 16.0. The van der Waals surface area contributed by atoms with E-state index in [0.29, 0.717) is 13.0 Å². The zero-order chi connectivity index (χ0) is 20.1. The van der Waals surface area contributed by atoms with Crippen molar-refractivity contribution in [2.45, 2.75) is 44.3 Å². The van der Waals surface area contributed by atoms with Gasteiger partial charge in [-0.05, 0) is 37.4 Å². The van der Waals surface area contributed by atoms with Crippen LogP contribution in [-0.4, -0.2) is 69.9 Å². The monoisotopic (exact) mass is 388 g/mol. The first-order valence-electron chi connectivity index (χ1n) is 9.68. The number of para-hydroxylation sites is 1. The number of H-pyrrole nitrogens is 1. The van der Waals surface area contributed by atoms with Crippen molar-refractivity contribution in [3.63, 3.8) is 0 Å². The molecule has 0 bridgehead atoms. The van der Waals surface area contributed by atoms with E-state index in [1.165, 1.54) is 0 Å². The van der Waals surface area contributed by atoms with Crippen LogP contribution in [0.2, 0.25) is 0 Å². The van der Waals surface area contributed by atoms with Crippen LogP contribution in [0.1, 0.15) is 25.3 Å². The number of aliphatic hydroxyl groups excluding tert-OH is 1. The highest BCUT2D eigenvalue weighted by atomic mass is 16.4. The topological polar surface area (TPSA) is 118 Å². The molecule has 1 aliphatic rings. The van der Waals surface area contributed by atoms with Crippen LogP contribution in [0.15, 0.2) is 30.5 Å². The number of nitrogens with zero attached hydrogens (tertiary/aromatic N) is 1. The average Bonchev–Trinajstić information content (AvgIpc) is 3.05. The Morgan fingerprint density at radius 1 is 1.32 bits per heavy atom. The molecule has 1 aromatic heterocycles. The maximum absolute atomic E-state index is 12.3. The molecule has 1 unspecified atom stereocenters. The molecule has 0 radical (unpaired) electrons. The molecule has 1 aliphatic carbocycles. The fourth-order valence-electron chi connectivity index (χ4n) is 3.82. The van der Waals surface area contributed by atoms with Crippen molar-refractivity contribution in [3.8, 4) is 0 Å². The summed E-state index contributed by atoms with van der Waals surface area (Å²) in [6.45, 7) is 2.49. The lowest BCUT2D eigenvalue weighted by Crippen LogP contribution is -2.57. The van der Waals surface area contributed by atoms with E-state index >= 15 is 0 Å². The number of aromatic nitrogens is 1. The highest BCUT2D eigenvalue weighted by Crippen LogP contribution is 2.25. The van der Waals surface area contributed by atoms with Crippen LogP contribution >= 0.6 is 0 Å². The van der Waals surface area contributed by atoms with Crippen molar-refractivity contribution in [2.75, 3.05) is 19.7 Å². The third-order valence-corrected chi connectivity index (χ3v) is 5.41. The summed E-state index contributed by atoms with van der Waals surface area (Å²) in [5, 5.41) is 25.5. The van der Waals surface area contributed by atoms with E-state index in [4.69, 9.17) is 5.11 Å². The molecular weight excluding hydrogens is 360 g/mol. The number of carboxylic acids is 1. The van der Waals surface area contributed by atoms with Crippen molar-refractivity contribution in [2.24, 2.45) is 0 Å². The van der Waals surface area contributed by atoms with Crippen molar-refractivity contribution in [1.82, 2.24) is 20.5 Å². The van der Waals surface area contributed by atoms with Crippen LogP contribution in [-0.2, 0) is 11.2 Å². The molecule has 8 nitrogen and oxygen atoms in total. The Labute approximate surface area is 163 Å². The average molecular weight is 388 g/mol. The van der Waals surface area contributed by atoms with E-state index in [2.05, 4.69) is 15.6 Å². The standard InChI is InChI=1S/C20H28N4O4/c1-2-24(11-19(26)27)16-8-14(9-16)22-20(28)23-15(12-25)7-13-10-21-18-6-4-3-5-17(13)18/h3-6,10,14-16,21,25H,2,7-9,11-12H2,1H3,(H,26,27)(H2,22,23,28). The van der Waals surface area contributed by atoms with E-state index in [1.807, 2.05) is 42.3 Å². The molecule has 1 aromatic carbocycles. The predicted octanol–water partition coefficient (Wildman–Crippen LogP) is 1.31. The van der Waals surface area contributed by atoms with Crippen molar-refractivity contribution >= 4 is 22.9 Å². The van der Waals surface area contributed by atoms with E-state index in [-0.39, 0.29) is 37.3 Å². The number of urea groups is 1. The number of rotatable bonds is 9. The maximum atomic E-state index is 12.3. The molecule has 2 aromatic rings. The van der Waals surface area contributed by atoms with Crippen LogP contribution in [0.25, 0.3) is 10.9 Å². The summed E-state index contributed by atoms with van der Waals surface area (Å²) < 4.78 is 0.